The molecule has 0 fully saturated rings. The van der Waals surface area contributed by atoms with Gasteiger partial charge in [-0.15, -0.1) is 0 Å². The van der Waals surface area contributed by atoms with Crippen molar-refractivity contribution in [3.8, 4) is 5.75 Å². The van der Waals surface area contributed by atoms with Crippen molar-refractivity contribution in [1.29, 1.82) is 0 Å². The lowest BCUT2D eigenvalue weighted by Gasteiger charge is -2.14. The molecular weight excluding hydrogens is 362 g/mol. The molecule has 1 rings (SSSR count). The summed E-state index contributed by atoms with van der Waals surface area (Å²) in [6.45, 7) is 4.09. The number of halogens is 1. The number of amides is 1. The molecule has 0 aliphatic carbocycles. The molecular formula is C17H24BrNO4. The van der Waals surface area contributed by atoms with Crippen molar-refractivity contribution in [1.82, 2.24) is 5.32 Å². The smallest absolute Gasteiger partial charge is 0.337 e. The standard InChI is InChI=1S/C17H24BrNO4/c1-4-5-6-7-12(2)19-16(20)11-23-15-9-8-13(10-14(15)18)17(21)22-3/h8-10,12H,4-7,11H2,1-3H3,(H,19,20). The Balaban J connectivity index is 2.45. The van der Waals surface area contributed by atoms with Crippen molar-refractivity contribution in [3.63, 3.8) is 0 Å². The molecule has 1 N–H and O–H groups in total. The molecule has 1 amide bonds. The molecule has 0 saturated carbocycles. The Morgan fingerprint density at radius 1 is 1.30 bits per heavy atom. The fourth-order valence-electron chi connectivity index (χ4n) is 2.10. The highest BCUT2D eigenvalue weighted by molar-refractivity contribution is 9.10. The second-order valence-corrected chi connectivity index (χ2v) is 6.24. The maximum absolute atomic E-state index is 11.9. The number of nitrogens with one attached hydrogen (secondary N) is 1. The van der Waals surface area contributed by atoms with Crippen LogP contribution in [0.25, 0.3) is 0 Å². The largest absolute Gasteiger partial charge is 0.483 e. The minimum atomic E-state index is -0.420. The van der Waals surface area contributed by atoms with Gasteiger partial charge in [0.05, 0.1) is 17.1 Å². The van der Waals surface area contributed by atoms with Gasteiger partial charge >= 0.3 is 5.97 Å². The van der Waals surface area contributed by atoms with Crippen LogP contribution in [0.15, 0.2) is 22.7 Å². The number of rotatable bonds is 9. The lowest BCUT2D eigenvalue weighted by molar-refractivity contribution is -0.123. The lowest BCUT2D eigenvalue weighted by atomic mass is 10.1. The molecule has 1 unspecified atom stereocenters. The van der Waals surface area contributed by atoms with Gasteiger partial charge in [0.2, 0.25) is 0 Å². The number of unbranched alkanes of at least 4 members (excludes halogenated alkanes) is 2. The number of hydrogen-bond donors (Lipinski definition) is 1. The molecule has 0 aliphatic heterocycles. The van der Waals surface area contributed by atoms with E-state index in [-0.39, 0.29) is 18.6 Å². The molecule has 5 nitrogen and oxygen atoms in total. The Morgan fingerprint density at radius 3 is 2.65 bits per heavy atom. The van der Waals surface area contributed by atoms with Gasteiger partial charge in [-0.3, -0.25) is 4.79 Å². The Kier molecular flexibility index (Phi) is 8.69. The molecule has 0 heterocycles. The number of carbonyl (C=O) groups is 2. The van der Waals surface area contributed by atoms with Crippen LogP contribution in [0.2, 0.25) is 0 Å². The zero-order valence-corrected chi connectivity index (χ0v) is 15.4. The minimum Gasteiger partial charge on any atom is -0.483 e. The van der Waals surface area contributed by atoms with Gasteiger partial charge in [0.15, 0.2) is 6.61 Å². The normalized spacial score (nSPS) is 11.7. The topological polar surface area (TPSA) is 64.6 Å². The van der Waals surface area contributed by atoms with E-state index >= 15 is 0 Å². The van der Waals surface area contributed by atoms with Crippen molar-refractivity contribution in [2.45, 2.75) is 45.6 Å². The number of esters is 1. The van der Waals surface area contributed by atoms with E-state index in [0.717, 1.165) is 12.8 Å². The third-order valence-electron chi connectivity index (χ3n) is 3.36. The molecule has 1 atom stereocenters. The first-order chi connectivity index (χ1) is 11.0. The SMILES string of the molecule is CCCCCC(C)NC(=O)COc1ccc(C(=O)OC)cc1Br. The van der Waals surface area contributed by atoms with E-state index in [1.54, 1.807) is 18.2 Å². The van der Waals surface area contributed by atoms with Crippen LogP contribution in [0.3, 0.4) is 0 Å². The molecule has 0 radical (unpaired) electrons. The highest BCUT2D eigenvalue weighted by Crippen LogP contribution is 2.26. The molecule has 0 aromatic heterocycles. The summed E-state index contributed by atoms with van der Waals surface area (Å²) in [6.07, 6.45) is 4.42. The third-order valence-corrected chi connectivity index (χ3v) is 3.98. The molecule has 1 aromatic carbocycles. The van der Waals surface area contributed by atoms with Gasteiger partial charge in [0.1, 0.15) is 5.75 Å². The van der Waals surface area contributed by atoms with E-state index in [1.165, 1.54) is 20.0 Å². The summed E-state index contributed by atoms with van der Waals surface area (Å²) >= 11 is 3.32. The van der Waals surface area contributed by atoms with E-state index < -0.39 is 5.97 Å². The molecule has 128 valence electrons. The van der Waals surface area contributed by atoms with E-state index in [4.69, 9.17) is 4.74 Å². The fraction of sp³-hybridized carbons (Fsp3) is 0.529. The average molecular weight is 386 g/mol. The van der Waals surface area contributed by atoms with Crippen LogP contribution in [-0.2, 0) is 9.53 Å². The molecule has 0 spiro atoms. The maximum atomic E-state index is 11.9. The molecule has 1 aromatic rings. The highest BCUT2D eigenvalue weighted by atomic mass is 79.9. The summed E-state index contributed by atoms with van der Waals surface area (Å²) in [5, 5.41) is 2.91. The zero-order chi connectivity index (χ0) is 17.2. The summed E-state index contributed by atoms with van der Waals surface area (Å²) in [4.78, 5) is 23.3. The van der Waals surface area contributed by atoms with E-state index in [0.29, 0.717) is 15.8 Å². The second kappa shape index (κ2) is 10.3. The Bertz CT molecular complexity index is 533. The zero-order valence-electron chi connectivity index (χ0n) is 13.9. The molecule has 0 saturated heterocycles. The van der Waals surface area contributed by atoms with Crippen molar-refractivity contribution >= 4 is 27.8 Å². The third kappa shape index (κ3) is 7.03. The van der Waals surface area contributed by atoms with Crippen molar-refractivity contribution in [3.05, 3.63) is 28.2 Å². The van der Waals surface area contributed by atoms with Gasteiger partial charge in [-0.2, -0.15) is 0 Å². The molecule has 23 heavy (non-hydrogen) atoms. The van der Waals surface area contributed by atoms with Crippen molar-refractivity contribution in [2.24, 2.45) is 0 Å². The van der Waals surface area contributed by atoms with Gasteiger partial charge in [-0.25, -0.2) is 4.79 Å². The molecule has 0 bridgehead atoms. The van der Waals surface area contributed by atoms with Crippen LogP contribution in [0.4, 0.5) is 0 Å². The molecule has 6 heteroatoms. The summed E-state index contributed by atoms with van der Waals surface area (Å²) in [5.74, 6) is -0.0692. The van der Waals surface area contributed by atoms with Crippen LogP contribution in [0, 0.1) is 0 Å². The van der Waals surface area contributed by atoms with Crippen molar-refractivity contribution < 1.29 is 19.1 Å². The summed E-state index contributed by atoms with van der Waals surface area (Å²) in [7, 11) is 1.33. The summed E-state index contributed by atoms with van der Waals surface area (Å²) in [5.41, 5.74) is 0.417. The number of hydrogen-bond acceptors (Lipinski definition) is 4. The van der Waals surface area contributed by atoms with E-state index in [9.17, 15) is 9.59 Å². The lowest BCUT2D eigenvalue weighted by Crippen LogP contribution is -2.36. The Labute approximate surface area is 145 Å². The first-order valence-corrected chi connectivity index (χ1v) is 8.57. The number of ether oxygens (including phenoxy) is 2. The van der Waals surface area contributed by atoms with Gasteiger partial charge in [0, 0.05) is 6.04 Å². The van der Waals surface area contributed by atoms with Crippen LogP contribution < -0.4 is 10.1 Å². The van der Waals surface area contributed by atoms with E-state index in [2.05, 4.69) is 32.9 Å². The van der Waals surface area contributed by atoms with Gasteiger partial charge in [-0.05, 0) is 47.5 Å². The predicted molar refractivity (Wildman–Crippen MR) is 92.7 cm³/mol. The minimum absolute atomic E-state index is 0.0612. The quantitative estimate of drug-likeness (QED) is 0.519. The average Bonchev–Trinajstić information content (AvgIpc) is 2.53. The summed E-state index contributed by atoms with van der Waals surface area (Å²) < 4.78 is 10.7. The monoisotopic (exact) mass is 385 g/mol. The summed E-state index contributed by atoms with van der Waals surface area (Å²) in [6, 6.07) is 4.97. The van der Waals surface area contributed by atoms with Crippen LogP contribution in [-0.4, -0.2) is 31.6 Å². The van der Waals surface area contributed by atoms with Crippen LogP contribution >= 0.6 is 15.9 Å². The van der Waals surface area contributed by atoms with Crippen LogP contribution in [0.1, 0.15) is 49.9 Å². The Morgan fingerprint density at radius 2 is 2.04 bits per heavy atom. The number of methoxy groups -OCH3 is 1. The highest BCUT2D eigenvalue weighted by Gasteiger charge is 2.12. The fourth-order valence-corrected chi connectivity index (χ4v) is 2.59. The number of benzene rings is 1. The predicted octanol–water partition coefficient (Wildman–Crippen LogP) is 3.70. The van der Waals surface area contributed by atoms with Gasteiger partial charge < -0.3 is 14.8 Å². The number of carbonyl (C=O) groups excluding carboxylic acids is 2. The van der Waals surface area contributed by atoms with Gasteiger partial charge in [-0.1, -0.05) is 26.2 Å². The van der Waals surface area contributed by atoms with Crippen LogP contribution in [0.5, 0.6) is 5.75 Å². The Hall–Kier alpha value is -1.56. The van der Waals surface area contributed by atoms with Crippen molar-refractivity contribution in [2.75, 3.05) is 13.7 Å². The second-order valence-electron chi connectivity index (χ2n) is 5.39. The van der Waals surface area contributed by atoms with Gasteiger partial charge in [0.25, 0.3) is 5.91 Å². The maximum Gasteiger partial charge on any atom is 0.337 e. The first kappa shape index (κ1) is 19.5. The molecule has 0 aliphatic rings. The van der Waals surface area contributed by atoms with E-state index in [1.807, 2.05) is 6.92 Å². The first-order valence-electron chi connectivity index (χ1n) is 7.78.